The Morgan fingerprint density at radius 3 is 2.80 bits per heavy atom. The molecule has 0 atom stereocenters. The molecule has 7 heteroatoms. The van der Waals surface area contributed by atoms with Crippen LogP contribution in [0.4, 0.5) is 11.4 Å². The largest absolute Gasteiger partial charge is 0.330 e. The molecule has 0 radical (unpaired) electrons. The fourth-order valence-electron chi connectivity index (χ4n) is 2.22. The molecule has 20 heavy (non-hydrogen) atoms. The summed E-state index contributed by atoms with van der Waals surface area (Å²) in [5.74, 6) is 0.00233. The number of nitrogens with two attached hydrogens (primary N) is 1. The molecular weight excluding hydrogens is 278 g/mol. The normalized spacial score (nSPS) is 17.2. The molecular formula is C13H19N3O3S. The van der Waals surface area contributed by atoms with Crippen LogP contribution in [0.15, 0.2) is 18.2 Å². The summed E-state index contributed by atoms with van der Waals surface area (Å²) in [5, 5.41) is 2.72. The summed E-state index contributed by atoms with van der Waals surface area (Å²) < 4.78 is 25.4. The predicted octanol–water partition coefficient (Wildman–Crippen LogP) is 0.822. The number of nitrogens with one attached hydrogen (secondary N) is 1. The summed E-state index contributed by atoms with van der Waals surface area (Å²) in [6.45, 7) is 2.63. The first-order chi connectivity index (χ1) is 9.44. The number of aryl methyl sites for hydroxylation is 1. The fraction of sp³-hybridized carbons (Fsp3) is 0.462. The average molecular weight is 297 g/mol. The maximum atomic E-state index is 12.0. The SMILES string of the molecule is Cc1ccc(NC(=O)CCN)cc1N1CCCS1(=O)=O. The summed E-state index contributed by atoms with van der Waals surface area (Å²) in [4.78, 5) is 11.5. The number of hydrogen-bond acceptors (Lipinski definition) is 4. The first-order valence-corrected chi connectivity index (χ1v) is 8.16. The summed E-state index contributed by atoms with van der Waals surface area (Å²) in [6, 6.07) is 5.27. The number of carbonyl (C=O) groups excluding carboxylic acids is 1. The highest BCUT2D eigenvalue weighted by Crippen LogP contribution is 2.29. The third-order valence-corrected chi connectivity index (χ3v) is 5.09. The lowest BCUT2D eigenvalue weighted by molar-refractivity contribution is -0.116. The Kier molecular flexibility index (Phi) is 4.29. The molecule has 1 aliphatic heterocycles. The Morgan fingerprint density at radius 1 is 1.45 bits per heavy atom. The molecule has 1 saturated heterocycles. The van der Waals surface area contributed by atoms with Crippen molar-refractivity contribution in [2.45, 2.75) is 19.8 Å². The van der Waals surface area contributed by atoms with Crippen LogP contribution in [-0.4, -0.2) is 33.2 Å². The van der Waals surface area contributed by atoms with Gasteiger partial charge in [-0.05, 0) is 31.0 Å². The number of rotatable bonds is 4. The smallest absolute Gasteiger partial charge is 0.235 e. The highest BCUT2D eigenvalue weighted by Gasteiger charge is 2.29. The highest BCUT2D eigenvalue weighted by molar-refractivity contribution is 7.93. The minimum absolute atomic E-state index is 0.174. The van der Waals surface area contributed by atoms with Gasteiger partial charge < -0.3 is 11.1 Å². The van der Waals surface area contributed by atoms with Crippen LogP contribution in [0.25, 0.3) is 0 Å². The molecule has 6 nitrogen and oxygen atoms in total. The van der Waals surface area contributed by atoms with Crippen LogP contribution in [0.2, 0.25) is 0 Å². The molecule has 3 N–H and O–H groups in total. The van der Waals surface area contributed by atoms with E-state index in [0.29, 0.717) is 24.3 Å². The maximum absolute atomic E-state index is 12.0. The summed E-state index contributed by atoms with van der Waals surface area (Å²) in [7, 11) is -3.22. The van der Waals surface area contributed by atoms with E-state index in [1.165, 1.54) is 4.31 Å². The van der Waals surface area contributed by atoms with Crippen molar-refractivity contribution in [2.24, 2.45) is 5.73 Å². The fourth-order valence-corrected chi connectivity index (χ4v) is 3.84. The van der Waals surface area contributed by atoms with Crippen molar-refractivity contribution in [1.29, 1.82) is 0 Å². The lowest BCUT2D eigenvalue weighted by atomic mass is 10.1. The first kappa shape index (κ1) is 14.8. The van der Waals surface area contributed by atoms with Gasteiger partial charge in [-0.3, -0.25) is 9.10 Å². The third kappa shape index (κ3) is 3.10. The summed E-state index contributed by atoms with van der Waals surface area (Å²) >= 11 is 0. The van der Waals surface area contributed by atoms with Crippen LogP contribution < -0.4 is 15.4 Å². The standard InChI is InChI=1S/C13H19N3O3S/c1-10-3-4-11(15-13(17)5-6-14)9-12(10)16-7-2-8-20(16,18)19/h3-4,9H,2,5-8,14H2,1H3,(H,15,17). The van der Waals surface area contributed by atoms with Crippen LogP contribution >= 0.6 is 0 Å². The average Bonchev–Trinajstić information content (AvgIpc) is 2.72. The second-order valence-electron chi connectivity index (χ2n) is 4.83. The van der Waals surface area contributed by atoms with E-state index in [0.717, 1.165) is 5.56 Å². The molecule has 1 aromatic rings. The van der Waals surface area contributed by atoms with E-state index in [-0.39, 0.29) is 24.6 Å². The monoisotopic (exact) mass is 297 g/mol. The second-order valence-corrected chi connectivity index (χ2v) is 6.84. The first-order valence-electron chi connectivity index (χ1n) is 6.55. The van der Waals surface area contributed by atoms with Gasteiger partial charge in [-0.1, -0.05) is 6.07 Å². The molecule has 110 valence electrons. The van der Waals surface area contributed by atoms with E-state index in [1.54, 1.807) is 18.2 Å². The summed E-state index contributed by atoms with van der Waals surface area (Å²) in [5.41, 5.74) is 7.41. The Balaban J connectivity index is 2.28. The van der Waals surface area contributed by atoms with E-state index in [9.17, 15) is 13.2 Å². The molecule has 1 amide bonds. The van der Waals surface area contributed by atoms with Crippen molar-refractivity contribution in [3.63, 3.8) is 0 Å². The van der Waals surface area contributed by atoms with Gasteiger partial charge in [0.15, 0.2) is 0 Å². The molecule has 0 aliphatic carbocycles. The second kappa shape index (κ2) is 5.80. The van der Waals surface area contributed by atoms with E-state index in [2.05, 4.69) is 5.32 Å². The van der Waals surface area contributed by atoms with Crippen molar-refractivity contribution in [3.8, 4) is 0 Å². The molecule has 2 rings (SSSR count). The Bertz CT molecular complexity index is 613. The van der Waals surface area contributed by atoms with Gasteiger partial charge in [-0.25, -0.2) is 8.42 Å². The minimum Gasteiger partial charge on any atom is -0.330 e. The Hall–Kier alpha value is -1.60. The molecule has 0 saturated carbocycles. The van der Waals surface area contributed by atoms with E-state index in [4.69, 9.17) is 5.73 Å². The van der Waals surface area contributed by atoms with Crippen molar-refractivity contribution in [3.05, 3.63) is 23.8 Å². The van der Waals surface area contributed by atoms with Crippen molar-refractivity contribution in [2.75, 3.05) is 28.5 Å². The molecule has 1 heterocycles. The number of benzene rings is 1. The van der Waals surface area contributed by atoms with Crippen LogP contribution in [0.5, 0.6) is 0 Å². The van der Waals surface area contributed by atoms with Crippen molar-refractivity contribution >= 4 is 27.3 Å². The quantitative estimate of drug-likeness (QED) is 0.860. The van der Waals surface area contributed by atoms with Crippen LogP contribution in [0.3, 0.4) is 0 Å². The lowest BCUT2D eigenvalue weighted by Gasteiger charge is -2.20. The van der Waals surface area contributed by atoms with E-state index >= 15 is 0 Å². The van der Waals surface area contributed by atoms with Crippen LogP contribution in [0, 0.1) is 6.92 Å². The maximum Gasteiger partial charge on any atom is 0.235 e. The number of carbonyl (C=O) groups is 1. The zero-order valence-corrected chi connectivity index (χ0v) is 12.2. The Morgan fingerprint density at radius 2 is 2.20 bits per heavy atom. The van der Waals surface area contributed by atoms with Gasteiger partial charge >= 0.3 is 0 Å². The predicted molar refractivity (Wildman–Crippen MR) is 79.2 cm³/mol. The molecule has 0 unspecified atom stereocenters. The lowest BCUT2D eigenvalue weighted by Crippen LogP contribution is -2.26. The number of sulfonamides is 1. The molecule has 0 bridgehead atoms. The van der Waals surface area contributed by atoms with Crippen LogP contribution in [0.1, 0.15) is 18.4 Å². The highest BCUT2D eigenvalue weighted by atomic mass is 32.2. The summed E-state index contributed by atoms with van der Waals surface area (Å²) in [6.07, 6.45) is 0.872. The van der Waals surface area contributed by atoms with Gasteiger partial charge in [0.1, 0.15) is 0 Å². The van der Waals surface area contributed by atoms with Crippen molar-refractivity contribution in [1.82, 2.24) is 0 Å². The van der Waals surface area contributed by atoms with Gasteiger partial charge in [0.25, 0.3) is 0 Å². The zero-order valence-electron chi connectivity index (χ0n) is 11.4. The Labute approximate surface area is 119 Å². The minimum atomic E-state index is -3.22. The van der Waals surface area contributed by atoms with Gasteiger partial charge in [-0.2, -0.15) is 0 Å². The number of hydrogen-bond donors (Lipinski definition) is 2. The van der Waals surface area contributed by atoms with E-state index < -0.39 is 10.0 Å². The molecule has 0 spiro atoms. The number of anilines is 2. The van der Waals surface area contributed by atoms with Gasteiger partial charge in [-0.15, -0.1) is 0 Å². The molecule has 1 aliphatic rings. The van der Waals surface area contributed by atoms with Gasteiger partial charge in [0.05, 0.1) is 11.4 Å². The van der Waals surface area contributed by atoms with Crippen molar-refractivity contribution < 1.29 is 13.2 Å². The zero-order chi connectivity index (χ0) is 14.8. The number of amides is 1. The van der Waals surface area contributed by atoms with Gasteiger partial charge in [0, 0.05) is 25.2 Å². The number of nitrogens with zero attached hydrogens (tertiary/aromatic N) is 1. The topological polar surface area (TPSA) is 92.5 Å². The molecule has 1 aromatic carbocycles. The molecule has 1 fully saturated rings. The van der Waals surface area contributed by atoms with Gasteiger partial charge in [0.2, 0.25) is 15.9 Å². The van der Waals surface area contributed by atoms with Crippen LogP contribution in [-0.2, 0) is 14.8 Å². The molecule has 0 aromatic heterocycles. The van der Waals surface area contributed by atoms with E-state index in [1.807, 2.05) is 6.92 Å². The third-order valence-electron chi connectivity index (χ3n) is 3.23.